The molecule has 1 rings (SSSR count). The van der Waals surface area contributed by atoms with Crippen molar-refractivity contribution < 1.29 is 9.47 Å². The van der Waals surface area contributed by atoms with Crippen LogP contribution in [0, 0.1) is 6.92 Å². The maximum absolute atomic E-state index is 5.69. The summed E-state index contributed by atoms with van der Waals surface area (Å²) in [6, 6.07) is 3.93. The zero-order valence-electron chi connectivity index (χ0n) is 9.47. The van der Waals surface area contributed by atoms with Crippen molar-refractivity contribution in [2.24, 2.45) is 0 Å². The van der Waals surface area contributed by atoms with Crippen molar-refractivity contribution >= 4 is 11.6 Å². The summed E-state index contributed by atoms with van der Waals surface area (Å²) in [4.78, 5) is 0. The molecule has 0 radical (unpaired) electrons. The van der Waals surface area contributed by atoms with E-state index in [1.54, 1.807) is 14.2 Å². The fraction of sp³-hybridized carbons (Fsp3) is 0.500. The number of hydrogen-bond donors (Lipinski definition) is 0. The Bertz CT molecular complexity index is 324. The van der Waals surface area contributed by atoms with Crippen LogP contribution in [-0.4, -0.2) is 20.1 Å². The van der Waals surface area contributed by atoms with Gasteiger partial charge in [0.25, 0.3) is 0 Å². The zero-order valence-corrected chi connectivity index (χ0v) is 10.2. The van der Waals surface area contributed by atoms with Crippen LogP contribution in [0.2, 0.25) is 0 Å². The highest BCUT2D eigenvalue weighted by Gasteiger charge is 2.08. The molecule has 0 N–H and O–H groups in total. The minimum absolute atomic E-state index is 0.675. The van der Waals surface area contributed by atoms with Gasteiger partial charge in [0, 0.05) is 11.9 Å². The molecule has 0 fully saturated rings. The monoisotopic (exact) mass is 228 g/mol. The van der Waals surface area contributed by atoms with Crippen LogP contribution in [0.3, 0.4) is 0 Å². The minimum Gasteiger partial charge on any atom is -0.497 e. The van der Waals surface area contributed by atoms with Crippen LogP contribution >= 0.6 is 11.6 Å². The average Bonchev–Trinajstić information content (AvgIpc) is 2.26. The molecule has 15 heavy (non-hydrogen) atoms. The number of halogens is 1. The predicted octanol–water partition coefficient (Wildman–Crippen LogP) is 3.18. The summed E-state index contributed by atoms with van der Waals surface area (Å²) in [5, 5.41) is 0. The Labute approximate surface area is 96.2 Å². The predicted molar refractivity (Wildman–Crippen MR) is 63.3 cm³/mol. The molecule has 0 heterocycles. The van der Waals surface area contributed by atoms with Crippen LogP contribution in [0.15, 0.2) is 12.1 Å². The van der Waals surface area contributed by atoms with E-state index in [0.717, 1.165) is 24.3 Å². The Morgan fingerprint density at radius 2 is 1.93 bits per heavy atom. The number of alkyl halides is 1. The lowest BCUT2D eigenvalue weighted by Crippen LogP contribution is -1.98. The third-order valence-corrected chi connectivity index (χ3v) is 2.69. The van der Waals surface area contributed by atoms with Crippen LogP contribution in [0.5, 0.6) is 11.5 Å². The van der Waals surface area contributed by atoms with Crippen LogP contribution in [-0.2, 0) is 6.42 Å². The summed E-state index contributed by atoms with van der Waals surface area (Å²) in [5.41, 5.74) is 2.41. The van der Waals surface area contributed by atoms with E-state index in [9.17, 15) is 0 Å². The van der Waals surface area contributed by atoms with E-state index in [-0.39, 0.29) is 0 Å². The highest BCUT2D eigenvalue weighted by Crippen LogP contribution is 2.29. The number of ether oxygens (including phenoxy) is 2. The molecule has 1 aromatic carbocycles. The summed E-state index contributed by atoms with van der Waals surface area (Å²) in [6.07, 6.45) is 1.91. The van der Waals surface area contributed by atoms with Crippen molar-refractivity contribution in [1.29, 1.82) is 0 Å². The molecule has 0 bridgehead atoms. The molecule has 0 amide bonds. The van der Waals surface area contributed by atoms with Crippen LogP contribution < -0.4 is 9.47 Å². The number of hydrogen-bond acceptors (Lipinski definition) is 2. The molecular weight excluding hydrogens is 212 g/mol. The first-order valence-corrected chi connectivity index (χ1v) is 5.53. The maximum Gasteiger partial charge on any atom is 0.126 e. The molecule has 2 nitrogen and oxygen atoms in total. The topological polar surface area (TPSA) is 18.5 Å². The van der Waals surface area contributed by atoms with Gasteiger partial charge in [-0.2, -0.15) is 0 Å². The molecule has 0 atom stereocenters. The van der Waals surface area contributed by atoms with E-state index in [4.69, 9.17) is 21.1 Å². The van der Waals surface area contributed by atoms with Gasteiger partial charge in [-0.3, -0.25) is 0 Å². The lowest BCUT2D eigenvalue weighted by Gasteiger charge is -2.13. The lowest BCUT2D eigenvalue weighted by atomic mass is 10.0. The number of benzene rings is 1. The smallest absolute Gasteiger partial charge is 0.126 e. The molecular formula is C12H17ClO2. The molecule has 0 aliphatic carbocycles. The van der Waals surface area contributed by atoms with Gasteiger partial charge in [0.2, 0.25) is 0 Å². The second kappa shape index (κ2) is 5.86. The first kappa shape index (κ1) is 12.2. The van der Waals surface area contributed by atoms with Gasteiger partial charge in [-0.15, -0.1) is 11.6 Å². The molecule has 0 unspecified atom stereocenters. The van der Waals surface area contributed by atoms with Gasteiger partial charge in [-0.25, -0.2) is 0 Å². The van der Waals surface area contributed by atoms with Crippen molar-refractivity contribution in [3.05, 3.63) is 23.3 Å². The van der Waals surface area contributed by atoms with Crippen molar-refractivity contribution in [3.63, 3.8) is 0 Å². The first-order valence-electron chi connectivity index (χ1n) is 5.00. The highest BCUT2D eigenvalue weighted by molar-refractivity contribution is 6.17. The first-order chi connectivity index (χ1) is 7.22. The Balaban J connectivity index is 3.01. The van der Waals surface area contributed by atoms with E-state index >= 15 is 0 Å². The minimum atomic E-state index is 0.675. The Morgan fingerprint density at radius 1 is 1.20 bits per heavy atom. The van der Waals surface area contributed by atoms with Crippen LogP contribution in [0.1, 0.15) is 17.5 Å². The number of aryl methyl sites for hydroxylation is 1. The van der Waals surface area contributed by atoms with E-state index in [2.05, 4.69) is 6.92 Å². The molecule has 0 saturated carbocycles. The van der Waals surface area contributed by atoms with Gasteiger partial charge < -0.3 is 9.47 Å². The van der Waals surface area contributed by atoms with Crippen molar-refractivity contribution in [2.45, 2.75) is 19.8 Å². The standard InChI is InChI=1S/C12H17ClO2/c1-9-7-10(14-2)8-12(15-3)11(9)5-4-6-13/h7-8H,4-6H2,1-3H3. The van der Waals surface area contributed by atoms with Gasteiger partial charge in [-0.1, -0.05) is 0 Å². The van der Waals surface area contributed by atoms with E-state index in [1.807, 2.05) is 12.1 Å². The molecule has 84 valence electrons. The molecule has 0 spiro atoms. The SMILES string of the molecule is COc1cc(C)c(CCCCl)c(OC)c1. The number of rotatable bonds is 5. The third-order valence-electron chi connectivity index (χ3n) is 2.42. The van der Waals surface area contributed by atoms with Crippen LogP contribution in [0.4, 0.5) is 0 Å². The largest absolute Gasteiger partial charge is 0.497 e. The Kier molecular flexibility index (Phi) is 4.76. The Morgan fingerprint density at radius 3 is 2.47 bits per heavy atom. The van der Waals surface area contributed by atoms with Gasteiger partial charge in [0.15, 0.2) is 0 Å². The fourth-order valence-electron chi connectivity index (χ4n) is 1.62. The fourth-order valence-corrected chi connectivity index (χ4v) is 1.75. The van der Waals surface area contributed by atoms with Crippen molar-refractivity contribution in [3.8, 4) is 11.5 Å². The summed E-state index contributed by atoms with van der Waals surface area (Å²) >= 11 is 5.69. The summed E-state index contributed by atoms with van der Waals surface area (Å²) in [6.45, 7) is 2.06. The molecule has 0 aliphatic heterocycles. The molecule has 0 aliphatic rings. The van der Waals surface area contributed by atoms with E-state index in [0.29, 0.717) is 5.88 Å². The van der Waals surface area contributed by atoms with E-state index < -0.39 is 0 Å². The average molecular weight is 229 g/mol. The second-order valence-corrected chi connectivity index (χ2v) is 3.80. The number of methoxy groups -OCH3 is 2. The molecule has 0 aromatic heterocycles. The summed E-state index contributed by atoms with van der Waals surface area (Å²) in [7, 11) is 3.34. The van der Waals surface area contributed by atoms with Gasteiger partial charge >= 0.3 is 0 Å². The quantitative estimate of drug-likeness (QED) is 0.721. The third kappa shape index (κ3) is 3.03. The molecule has 1 aromatic rings. The normalized spacial score (nSPS) is 10.1. The zero-order chi connectivity index (χ0) is 11.3. The summed E-state index contributed by atoms with van der Waals surface area (Å²) in [5.74, 6) is 2.39. The van der Waals surface area contributed by atoms with Gasteiger partial charge in [0.1, 0.15) is 11.5 Å². The summed E-state index contributed by atoms with van der Waals surface area (Å²) < 4.78 is 10.5. The van der Waals surface area contributed by atoms with E-state index in [1.165, 1.54) is 11.1 Å². The van der Waals surface area contributed by atoms with Crippen LogP contribution in [0.25, 0.3) is 0 Å². The second-order valence-electron chi connectivity index (χ2n) is 3.42. The van der Waals surface area contributed by atoms with Crippen molar-refractivity contribution in [1.82, 2.24) is 0 Å². The maximum atomic E-state index is 5.69. The highest BCUT2D eigenvalue weighted by atomic mass is 35.5. The Hall–Kier alpha value is -0.890. The van der Waals surface area contributed by atoms with Gasteiger partial charge in [-0.05, 0) is 37.0 Å². The molecule has 0 saturated heterocycles. The molecule has 3 heteroatoms. The van der Waals surface area contributed by atoms with Crippen molar-refractivity contribution in [2.75, 3.05) is 20.1 Å². The van der Waals surface area contributed by atoms with Gasteiger partial charge in [0.05, 0.1) is 14.2 Å². The lowest BCUT2D eigenvalue weighted by molar-refractivity contribution is 0.390.